The van der Waals surface area contributed by atoms with Gasteiger partial charge in [0.05, 0.1) is 11.0 Å². The summed E-state index contributed by atoms with van der Waals surface area (Å²) in [6, 6.07) is 4.33. The van der Waals surface area contributed by atoms with Crippen molar-refractivity contribution in [2.45, 2.75) is 20.3 Å². The first-order valence-electron chi connectivity index (χ1n) is 6.91. The second-order valence-corrected chi connectivity index (χ2v) is 6.16. The van der Waals surface area contributed by atoms with Crippen molar-refractivity contribution < 1.29 is 14.7 Å². The lowest BCUT2D eigenvalue weighted by Gasteiger charge is -2.31. The van der Waals surface area contributed by atoms with Crippen molar-refractivity contribution in [3.63, 3.8) is 0 Å². The second-order valence-electron chi connectivity index (χ2n) is 5.73. The van der Waals surface area contributed by atoms with Crippen LogP contribution in [0.2, 0.25) is 5.02 Å². The summed E-state index contributed by atoms with van der Waals surface area (Å²) < 4.78 is 0. The van der Waals surface area contributed by atoms with Crippen LogP contribution in [0.15, 0.2) is 18.2 Å². The fourth-order valence-electron chi connectivity index (χ4n) is 2.70. The number of anilines is 1. The van der Waals surface area contributed by atoms with E-state index in [1.54, 1.807) is 6.07 Å². The first-order valence-corrected chi connectivity index (χ1v) is 7.29. The summed E-state index contributed by atoms with van der Waals surface area (Å²) in [5.41, 5.74) is 0.00359. The maximum Gasteiger partial charge on any atom is 0.335 e. The molecule has 0 saturated carbocycles. The van der Waals surface area contributed by atoms with Crippen LogP contribution < -0.4 is 10.6 Å². The number of halogens is 1. The molecule has 21 heavy (non-hydrogen) atoms. The van der Waals surface area contributed by atoms with Gasteiger partial charge in [0.15, 0.2) is 0 Å². The van der Waals surface area contributed by atoms with E-state index in [4.69, 9.17) is 16.7 Å². The summed E-state index contributed by atoms with van der Waals surface area (Å²) in [6.45, 7) is 5.48. The van der Waals surface area contributed by atoms with Gasteiger partial charge in [-0.15, -0.1) is 0 Å². The van der Waals surface area contributed by atoms with Crippen molar-refractivity contribution in [3.8, 4) is 0 Å². The second kappa shape index (κ2) is 6.03. The molecule has 1 heterocycles. The largest absolute Gasteiger partial charge is 0.478 e. The molecule has 3 N–H and O–H groups in total. The summed E-state index contributed by atoms with van der Waals surface area (Å²) >= 11 is 5.91. The normalized spacial score (nSPS) is 21.5. The Morgan fingerprint density at radius 2 is 2.10 bits per heavy atom. The van der Waals surface area contributed by atoms with Gasteiger partial charge in [0.25, 0.3) is 0 Å². The number of amides is 1. The minimum Gasteiger partial charge on any atom is -0.478 e. The molecule has 0 aliphatic carbocycles. The first-order chi connectivity index (χ1) is 9.85. The lowest BCUT2D eigenvalue weighted by Crippen LogP contribution is -2.42. The van der Waals surface area contributed by atoms with Gasteiger partial charge in [-0.05, 0) is 37.1 Å². The van der Waals surface area contributed by atoms with Gasteiger partial charge in [-0.2, -0.15) is 0 Å². The Kier molecular flexibility index (Phi) is 4.54. The van der Waals surface area contributed by atoms with Crippen LogP contribution in [-0.4, -0.2) is 30.1 Å². The Bertz CT molecular complexity index is 566. The van der Waals surface area contributed by atoms with E-state index in [2.05, 4.69) is 10.6 Å². The molecule has 1 amide bonds. The first kappa shape index (κ1) is 15.8. The Hall–Kier alpha value is -1.59. The van der Waals surface area contributed by atoms with Gasteiger partial charge in [0.2, 0.25) is 5.91 Å². The highest BCUT2D eigenvalue weighted by Crippen LogP contribution is 2.35. The lowest BCUT2D eigenvalue weighted by molar-refractivity contribution is -0.126. The third-order valence-electron chi connectivity index (χ3n) is 4.15. The zero-order chi connectivity index (χ0) is 15.6. The van der Waals surface area contributed by atoms with E-state index < -0.39 is 11.4 Å². The standard InChI is InChI=1S/C15H19ClN2O3/c1-9(2)15(3-4-17-8-15)14(21)18-12-6-10(13(19)20)5-11(16)7-12/h5-7,9,17H,3-4,8H2,1-2H3,(H,18,21)(H,19,20). The molecule has 0 radical (unpaired) electrons. The monoisotopic (exact) mass is 310 g/mol. The molecule has 1 atom stereocenters. The lowest BCUT2D eigenvalue weighted by atomic mass is 9.75. The Morgan fingerprint density at radius 3 is 2.62 bits per heavy atom. The molecule has 0 aromatic heterocycles. The molecule has 1 aromatic carbocycles. The number of rotatable bonds is 4. The zero-order valence-corrected chi connectivity index (χ0v) is 12.8. The number of hydrogen-bond acceptors (Lipinski definition) is 3. The van der Waals surface area contributed by atoms with E-state index >= 15 is 0 Å². The number of carboxylic acids is 1. The molecule has 6 heteroatoms. The van der Waals surface area contributed by atoms with Gasteiger partial charge >= 0.3 is 5.97 Å². The fraction of sp³-hybridized carbons (Fsp3) is 0.467. The fourth-order valence-corrected chi connectivity index (χ4v) is 2.94. The van der Waals surface area contributed by atoms with Crippen LogP contribution in [0.5, 0.6) is 0 Å². The van der Waals surface area contributed by atoms with Crippen LogP contribution in [0.25, 0.3) is 0 Å². The number of nitrogens with one attached hydrogen (secondary N) is 2. The molecular weight excluding hydrogens is 292 g/mol. The van der Waals surface area contributed by atoms with E-state index in [1.165, 1.54) is 12.1 Å². The van der Waals surface area contributed by atoms with Crippen molar-refractivity contribution in [2.24, 2.45) is 11.3 Å². The summed E-state index contributed by atoms with van der Waals surface area (Å²) in [7, 11) is 0. The average molecular weight is 311 g/mol. The van der Waals surface area contributed by atoms with Crippen molar-refractivity contribution in [1.29, 1.82) is 0 Å². The summed E-state index contributed by atoms with van der Waals surface area (Å²) in [5, 5.41) is 15.4. The number of carbonyl (C=O) groups is 2. The van der Waals surface area contributed by atoms with Gasteiger partial charge in [0, 0.05) is 17.3 Å². The minimum atomic E-state index is -1.07. The Balaban J connectivity index is 2.25. The number of hydrogen-bond donors (Lipinski definition) is 3. The van der Waals surface area contributed by atoms with Gasteiger partial charge < -0.3 is 15.7 Å². The third kappa shape index (κ3) is 3.19. The smallest absolute Gasteiger partial charge is 0.335 e. The Morgan fingerprint density at radius 1 is 1.38 bits per heavy atom. The zero-order valence-electron chi connectivity index (χ0n) is 12.1. The molecule has 114 valence electrons. The molecule has 1 unspecified atom stereocenters. The molecule has 5 nitrogen and oxygen atoms in total. The number of aromatic carboxylic acids is 1. The number of carbonyl (C=O) groups excluding carboxylic acids is 1. The van der Waals surface area contributed by atoms with Crippen LogP contribution in [0, 0.1) is 11.3 Å². The molecule has 1 aromatic rings. The van der Waals surface area contributed by atoms with Crippen LogP contribution in [0.1, 0.15) is 30.6 Å². The SMILES string of the molecule is CC(C)C1(C(=O)Nc2cc(Cl)cc(C(=O)O)c2)CCNC1. The summed E-state index contributed by atoms with van der Waals surface area (Å²) in [5.74, 6) is -0.985. The maximum atomic E-state index is 12.6. The molecule has 1 aliphatic rings. The minimum absolute atomic E-state index is 0.0564. The molecule has 1 fully saturated rings. The van der Waals surface area contributed by atoms with Crippen LogP contribution in [0.3, 0.4) is 0 Å². The molecule has 2 rings (SSSR count). The molecule has 1 saturated heterocycles. The predicted molar refractivity (Wildman–Crippen MR) is 81.8 cm³/mol. The Labute approximate surface area is 128 Å². The van der Waals surface area contributed by atoms with Crippen LogP contribution in [-0.2, 0) is 4.79 Å². The van der Waals surface area contributed by atoms with Gasteiger partial charge in [-0.3, -0.25) is 4.79 Å². The highest BCUT2D eigenvalue weighted by molar-refractivity contribution is 6.31. The van der Waals surface area contributed by atoms with Gasteiger partial charge in [0.1, 0.15) is 0 Å². The molecule has 0 spiro atoms. The van der Waals surface area contributed by atoms with Gasteiger partial charge in [-0.25, -0.2) is 4.79 Å². The number of carboxylic acid groups (broad SMARTS) is 1. The topological polar surface area (TPSA) is 78.4 Å². The highest BCUT2D eigenvalue weighted by Gasteiger charge is 2.43. The van der Waals surface area contributed by atoms with Crippen LogP contribution >= 0.6 is 11.6 Å². The molecule has 0 bridgehead atoms. The van der Waals surface area contributed by atoms with E-state index in [9.17, 15) is 9.59 Å². The van der Waals surface area contributed by atoms with Crippen molar-refractivity contribution in [3.05, 3.63) is 28.8 Å². The summed E-state index contributed by atoms with van der Waals surface area (Å²) in [6.07, 6.45) is 0.767. The maximum absolute atomic E-state index is 12.6. The third-order valence-corrected chi connectivity index (χ3v) is 4.37. The van der Waals surface area contributed by atoms with Crippen molar-refractivity contribution >= 4 is 29.2 Å². The van der Waals surface area contributed by atoms with Crippen molar-refractivity contribution in [2.75, 3.05) is 18.4 Å². The van der Waals surface area contributed by atoms with Crippen LogP contribution in [0.4, 0.5) is 5.69 Å². The van der Waals surface area contributed by atoms with Gasteiger partial charge in [-0.1, -0.05) is 25.4 Å². The van der Waals surface area contributed by atoms with Crippen molar-refractivity contribution in [1.82, 2.24) is 5.32 Å². The van der Waals surface area contributed by atoms with E-state index in [-0.39, 0.29) is 22.4 Å². The molecule has 1 aliphatic heterocycles. The quantitative estimate of drug-likeness (QED) is 0.799. The molecular formula is C15H19ClN2O3. The van der Waals surface area contributed by atoms with E-state index in [1.807, 2.05) is 13.8 Å². The van der Waals surface area contributed by atoms with E-state index in [0.717, 1.165) is 13.0 Å². The predicted octanol–water partition coefficient (Wildman–Crippen LogP) is 2.61. The summed E-state index contributed by atoms with van der Waals surface area (Å²) in [4.78, 5) is 23.7. The highest BCUT2D eigenvalue weighted by atomic mass is 35.5. The average Bonchev–Trinajstić information content (AvgIpc) is 2.88. The van der Waals surface area contributed by atoms with E-state index in [0.29, 0.717) is 12.2 Å². The number of benzene rings is 1.